The van der Waals surface area contributed by atoms with Gasteiger partial charge in [0.05, 0.1) is 12.4 Å². The molecule has 6 nitrogen and oxygen atoms in total. The van der Waals surface area contributed by atoms with Crippen molar-refractivity contribution < 1.29 is 19.1 Å². The molecule has 0 radical (unpaired) electrons. The van der Waals surface area contributed by atoms with Gasteiger partial charge in [0.1, 0.15) is 5.82 Å². The highest BCUT2D eigenvalue weighted by Crippen LogP contribution is 2.32. The fourth-order valence-electron chi connectivity index (χ4n) is 3.40. The van der Waals surface area contributed by atoms with Gasteiger partial charge in [-0.15, -0.1) is 0 Å². The fraction of sp³-hybridized carbons (Fsp3) is 0.217. The molecule has 2 atom stereocenters. The zero-order valence-corrected chi connectivity index (χ0v) is 17.5. The van der Waals surface area contributed by atoms with E-state index in [1.165, 1.54) is 12.1 Å². The van der Waals surface area contributed by atoms with E-state index < -0.39 is 12.1 Å². The van der Waals surface area contributed by atoms with Gasteiger partial charge in [-0.3, -0.25) is 4.84 Å². The predicted octanol–water partition coefficient (Wildman–Crippen LogP) is 4.67. The van der Waals surface area contributed by atoms with Crippen LogP contribution in [0.2, 0.25) is 5.02 Å². The lowest BCUT2D eigenvalue weighted by Crippen LogP contribution is -2.26. The predicted molar refractivity (Wildman–Crippen MR) is 117 cm³/mol. The average molecular weight is 444 g/mol. The molecule has 162 valence electrons. The Morgan fingerprint density at radius 2 is 1.94 bits per heavy atom. The molecule has 0 fully saturated rings. The van der Waals surface area contributed by atoms with Crippen LogP contribution in [0.5, 0.6) is 0 Å². The molecule has 2 aromatic carbocycles. The van der Waals surface area contributed by atoms with E-state index in [1.54, 1.807) is 36.8 Å². The van der Waals surface area contributed by atoms with Crippen LogP contribution in [0.3, 0.4) is 0 Å². The first-order valence-corrected chi connectivity index (χ1v) is 10.1. The molecular weight excluding hydrogens is 421 g/mol. The highest BCUT2D eigenvalue weighted by Gasteiger charge is 2.20. The third-order valence-corrected chi connectivity index (χ3v) is 5.25. The van der Waals surface area contributed by atoms with Gasteiger partial charge < -0.3 is 9.67 Å². The normalized spacial score (nSPS) is 13.7. The maximum absolute atomic E-state index is 13.4. The zero-order chi connectivity index (χ0) is 22.2. The molecule has 0 aliphatic rings. The number of nitrogens with zero attached hydrogens (tertiary/aromatic N) is 2. The quantitative estimate of drug-likeness (QED) is 0.444. The summed E-state index contributed by atoms with van der Waals surface area (Å²) < 4.78 is 15.4. The second-order valence-corrected chi connectivity index (χ2v) is 7.50. The van der Waals surface area contributed by atoms with Crippen LogP contribution in [0.25, 0.3) is 5.57 Å². The monoisotopic (exact) mass is 443 g/mol. The van der Waals surface area contributed by atoms with E-state index in [1.807, 2.05) is 29.0 Å². The van der Waals surface area contributed by atoms with Crippen LogP contribution in [0, 0.1) is 5.82 Å². The van der Waals surface area contributed by atoms with Crippen LogP contribution >= 0.6 is 11.6 Å². The summed E-state index contributed by atoms with van der Waals surface area (Å²) in [4.78, 5) is 20.0. The molecule has 3 aromatic rings. The van der Waals surface area contributed by atoms with Gasteiger partial charge in [-0.2, -0.15) is 0 Å². The number of hydrogen-bond donors (Lipinski definition) is 2. The number of carboxylic acids is 1. The van der Waals surface area contributed by atoms with Gasteiger partial charge in [-0.05, 0) is 60.2 Å². The highest BCUT2D eigenvalue weighted by atomic mass is 35.5. The van der Waals surface area contributed by atoms with Crippen LogP contribution in [-0.2, 0) is 16.1 Å². The Balaban J connectivity index is 1.97. The van der Waals surface area contributed by atoms with E-state index in [0.29, 0.717) is 17.9 Å². The van der Waals surface area contributed by atoms with Crippen molar-refractivity contribution in [1.29, 1.82) is 0 Å². The van der Waals surface area contributed by atoms with Crippen molar-refractivity contribution in [3.8, 4) is 0 Å². The Morgan fingerprint density at radius 1 is 1.23 bits per heavy atom. The maximum Gasteiger partial charge on any atom is 0.334 e. The van der Waals surface area contributed by atoms with Crippen LogP contribution < -0.4 is 5.90 Å². The summed E-state index contributed by atoms with van der Waals surface area (Å²) in [5.41, 5.74) is 2.85. The highest BCUT2D eigenvalue weighted by molar-refractivity contribution is 6.30. The van der Waals surface area contributed by atoms with Crippen LogP contribution in [0.15, 0.2) is 73.3 Å². The van der Waals surface area contributed by atoms with Gasteiger partial charge in [0.15, 0.2) is 6.10 Å². The third kappa shape index (κ3) is 6.24. The second kappa shape index (κ2) is 10.9. The second-order valence-electron chi connectivity index (χ2n) is 7.06. The summed E-state index contributed by atoms with van der Waals surface area (Å²) in [6.45, 7) is 0. The summed E-state index contributed by atoms with van der Waals surface area (Å²) in [6, 6.07) is 13.6. The van der Waals surface area contributed by atoms with Gasteiger partial charge in [-0.25, -0.2) is 20.1 Å². The molecule has 0 aliphatic heterocycles. The van der Waals surface area contributed by atoms with Gasteiger partial charge >= 0.3 is 5.97 Å². The minimum absolute atomic E-state index is 0.156. The molecule has 3 rings (SSSR count). The van der Waals surface area contributed by atoms with E-state index in [9.17, 15) is 14.3 Å². The summed E-state index contributed by atoms with van der Waals surface area (Å²) in [5, 5.41) is 9.79. The van der Waals surface area contributed by atoms with E-state index in [2.05, 4.69) is 9.82 Å². The first-order valence-electron chi connectivity index (χ1n) is 9.74. The van der Waals surface area contributed by atoms with Gasteiger partial charge in [0.2, 0.25) is 0 Å². The minimum atomic E-state index is -1.11. The molecule has 3 N–H and O–H groups in total. The van der Waals surface area contributed by atoms with Crippen molar-refractivity contribution in [1.82, 2.24) is 9.55 Å². The van der Waals surface area contributed by atoms with Crippen molar-refractivity contribution in [2.24, 2.45) is 5.90 Å². The molecule has 0 saturated heterocycles. The lowest BCUT2D eigenvalue weighted by atomic mass is 9.91. The van der Waals surface area contributed by atoms with E-state index in [0.717, 1.165) is 16.7 Å². The van der Waals surface area contributed by atoms with E-state index >= 15 is 0 Å². The van der Waals surface area contributed by atoms with E-state index in [4.69, 9.17) is 17.5 Å². The SMILES string of the molecule is NOC(CCC=C(c1ccc(Cl)cc1)C(Cc1ccc(F)cc1)n1ccnc1)C(=O)O. The molecule has 0 amide bonds. The summed E-state index contributed by atoms with van der Waals surface area (Å²) in [5.74, 6) is 3.71. The molecule has 8 heteroatoms. The molecule has 0 aliphatic carbocycles. The van der Waals surface area contributed by atoms with E-state index in [-0.39, 0.29) is 18.3 Å². The molecule has 31 heavy (non-hydrogen) atoms. The Bertz CT molecular complexity index is 1010. The summed E-state index contributed by atoms with van der Waals surface area (Å²) >= 11 is 6.07. The van der Waals surface area contributed by atoms with Crippen LogP contribution in [0.1, 0.15) is 30.0 Å². The smallest absolute Gasteiger partial charge is 0.334 e. The van der Waals surface area contributed by atoms with Gasteiger partial charge in [-0.1, -0.05) is 41.9 Å². The van der Waals surface area contributed by atoms with Crippen molar-refractivity contribution in [2.45, 2.75) is 31.4 Å². The molecule has 1 heterocycles. The lowest BCUT2D eigenvalue weighted by Gasteiger charge is -2.23. The number of rotatable bonds is 10. The Morgan fingerprint density at radius 3 is 2.52 bits per heavy atom. The number of carbonyl (C=O) groups is 1. The standard InChI is InChI=1S/C23H23ClFN3O3/c24-18-8-6-17(7-9-18)20(2-1-3-22(31-26)23(29)30)21(28-13-12-27-15-28)14-16-4-10-19(25)11-5-16/h2,4-13,15,21-22H,1,3,14,26H2,(H,29,30). The van der Waals surface area contributed by atoms with Gasteiger partial charge in [0.25, 0.3) is 0 Å². The maximum atomic E-state index is 13.4. The number of allylic oxidation sites excluding steroid dienone is 2. The Hall–Kier alpha value is -3.00. The van der Waals surface area contributed by atoms with Crippen molar-refractivity contribution in [2.75, 3.05) is 0 Å². The zero-order valence-electron chi connectivity index (χ0n) is 16.7. The lowest BCUT2D eigenvalue weighted by molar-refractivity contribution is -0.151. The van der Waals surface area contributed by atoms with Gasteiger partial charge in [0, 0.05) is 17.4 Å². The number of benzene rings is 2. The largest absolute Gasteiger partial charge is 0.479 e. The molecule has 0 saturated carbocycles. The number of halogens is 2. The number of hydrogen-bond acceptors (Lipinski definition) is 4. The first kappa shape index (κ1) is 22.7. The number of aromatic nitrogens is 2. The minimum Gasteiger partial charge on any atom is -0.479 e. The molecule has 0 spiro atoms. The van der Waals surface area contributed by atoms with Crippen molar-refractivity contribution in [3.63, 3.8) is 0 Å². The molecular formula is C23H23ClFN3O3. The van der Waals surface area contributed by atoms with Crippen LogP contribution in [0.4, 0.5) is 4.39 Å². The van der Waals surface area contributed by atoms with Crippen LogP contribution in [-0.4, -0.2) is 26.7 Å². The van der Waals surface area contributed by atoms with Crippen molar-refractivity contribution in [3.05, 3.63) is 95.3 Å². The Labute approximate surface area is 184 Å². The first-order chi connectivity index (χ1) is 15.0. The fourth-order valence-corrected chi connectivity index (χ4v) is 3.53. The Kier molecular flexibility index (Phi) is 7.94. The topological polar surface area (TPSA) is 90.4 Å². The number of nitrogens with two attached hydrogens (primary N) is 1. The molecule has 1 aromatic heterocycles. The number of aliphatic carboxylic acids is 1. The number of imidazole rings is 1. The molecule has 2 unspecified atom stereocenters. The van der Waals surface area contributed by atoms with Crippen molar-refractivity contribution >= 4 is 23.1 Å². The summed E-state index contributed by atoms with van der Waals surface area (Å²) in [7, 11) is 0. The average Bonchev–Trinajstić information content (AvgIpc) is 3.29. The molecule has 0 bridgehead atoms. The summed E-state index contributed by atoms with van der Waals surface area (Å²) in [6.07, 6.45) is 7.40. The number of carboxylic acid groups (broad SMARTS) is 1. The third-order valence-electron chi connectivity index (χ3n) is 5.00.